The van der Waals surface area contributed by atoms with Crippen LogP contribution in [0.3, 0.4) is 0 Å². The number of carbonyl (C=O) groups excluding carboxylic acids is 2. The smallest absolute Gasteiger partial charge is 0.436 e. The van der Waals surface area contributed by atoms with E-state index in [2.05, 4.69) is 15.3 Å². The molecule has 8 nitrogen and oxygen atoms in total. The standard InChI is InChI=1S/C19H21FN4O4S/c1-19(2,3)28-18(26)23-17(29-4)22-16(25)13-10-24-7-8-27-14-9-11(20)5-6-12(14)15(24)21-13/h5-6,9-10H,7-8H2,1-4H3,(H,22,23,25,26). The molecular formula is C19H21FN4O4S. The van der Waals surface area contributed by atoms with Crippen molar-refractivity contribution in [1.82, 2.24) is 14.9 Å². The predicted molar refractivity (Wildman–Crippen MR) is 108 cm³/mol. The lowest BCUT2D eigenvalue weighted by Gasteiger charge is -2.17. The van der Waals surface area contributed by atoms with Gasteiger partial charge in [0, 0.05) is 12.3 Å². The molecule has 154 valence electrons. The van der Waals surface area contributed by atoms with Crippen LogP contribution in [0.4, 0.5) is 9.18 Å². The number of carbonyl (C=O) groups is 2. The molecule has 1 aromatic carbocycles. The second-order valence-corrected chi connectivity index (χ2v) is 7.98. The highest BCUT2D eigenvalue weighted by atomic mass is 32.2. The molecule has 0 aliphatic carbocycles. The Bertz CT molecular complexity index is 981. The topological polar surface area (TPSA) is 94.8 Å². The summed E-state index contributed by atoms with van der Waals surface area (Å²) in [6.45, 7) is 5.94. The highest BCUT2D eigenvalue weighted by molar-refractivity contribution is 8.13. The van der Waals surface area contributed by atoms with E-state index < -0.39 is 23.4 Å². The average Bonchev–Trinajstić information content (AvgIpc) is 2.96. The van der Waals surface area contributed by atoms with Crippen molar-refractivity contribution in [2.24, 2.45) is 4.99 Å². The van der Waals surface area contributed by atoms with Crippen molar-refractivity contribution in [3.05, 3.63) is 35.9 Å². The fraction of sp³-hybridized carbons (Fsp3) is 0.368. The summed E-state index contributed by atoms with van der Waals surface area (Å²) in [4.78, 5) is 32.6. The number of fused-ring (bicyclic) bond motifs is 3. The molecule has 0 unspecified atom stereocenters. The predicted octanol–water partition coefficient (Wildman–Crippen LogP) is 3.47. The fourth-order valence-corrected chi connectivity index (χ4v) is 2.98. The van der Waals surface area contributed by atoms with Gasteiger partial charge in [0.1, 0.15) is 35.3 Å². The van der Waals surface area contributed by atoms with E-state index in [4.69, 9.17) is 9.47 Å². The number of hydrogen-bond acceptors (Lipinski definition) is 6. The lowest BCUT2D eigenvalue weighted by molar-refractivity contribution is 0.0604. The Morgan fingerprint density at radius 3 is 2.83 bits per heavy atom. The number of hydrogen-bond donors (Lipinski definition) is 1. The number of aromatic nitrogens is 2. The van der Waals surface area contributed by atoms with Gasteiger partial charge < -0.3 is 14.0 Å². The number of amidine groups is 1. The largest absolute Gasteiger partial charge is 0.491 e. The summed E-state index contributed by atoms with van der Waals surface area (Å²) in [7, 11) is 0. The highest BCUT2D eigenvalue weighted by Gasteiger charge is 2.22. The summed E-state index contributed by atoms with van der Waals surface area (Å²) < 4.78 is 26.0. The second kappa shape index (κ2) is 8.24. The van der Waals surface area contributed by atoms with Crippen LogP contribution in [0.2, 0.25) is 0 Å². The van der Waals surface area contributed by atoms with Crippen molar-refractivity contribution in [3.8, 4) is 17.1 Å². The maximum absolute atomic E-state index is 13.5. The molecule has 2 heterocycles. The van der Waals surface area contributed by atoms with E-state index in [1.807, 2.05) is 0 Å². The number of nitrogens with one attached hydrogen (secondary N) is 1. The molecule has 10 heteroatoms. The molecule has 2 aromatic rings. The van der Waals surface area contributed by atoms with Crippen molar-refractivity contribution in [2.45, 2.75) is 32.9 Å². The van der Waals surface area contributed by atoms with Crippen LogP contribution in [0.1, 0.15) is 31.3 Å². The van der Waals surface area contributed by atoms with Crippen LogP contribution in [0, 0.1) is 5.82 Å². The van der Waals surface area contributed by atoms with Crippen molar-refractivity contribution in [3.63, 3.8) is 0 Å². The molecule has 0 fully saturated rings. The Kier molecular flexibility index (Phi) is 5.92. The van der Waals surface area contributed by atoms with Gasteiger partial charge in [-0.15, -0.1) is 0 Å². The van der Waals surface area contributed by atoms with Crippen molar-refractivity contribution < 1.29 is 23.5 Å². The van der Waals surface area contributed by atoms with Gasteiger partial charge in [-0.3, -0.25) is 10.1 Å². The number of benzene rings is 1. The van der Waals surface area contributed by atoms with Gasteiger partial charge in [-0.1, -0.05) is 11.8 Å². The third-order valence-electron chi connectivity index (χ3n) is 3.78. The van der Waals surface area contributed by atoms with Gasteiger partial charge in [0.15, 0.2) is 5.17 Å². The average molecular weight is 420 g/mol. The number of rotatable bonds is 1. The SMILES string of the molecule is CSC(=NC(=O)OC(C)(C)C)NC(=O)c1cn2c(n1)-c1ccc(F)cc1OCC2. The number of halogens is 1. The van der Waals surface area contributed by atoms with E-state index in [0.717, 1.165) is 11.8 Å². The summed E-state index contributed by atoms with van der Waals surface area (Å²) in [5, 5.41) is 2.66. The quantitative estimate of drug-likeness (QED) is 0.561. The summed E-state index contributed by atoms with van der Waals surface area (Å²) in [5.41, 5.74) is 0.0448. The first-order chi connectivity index (χ1) is 13.7. The summed E-state index contributed by atoms with van der Waals surface area (Å²) in [6, 6.07) is 4.16. The number of nitrogens with zero attached hydrogens (tertiary/aromatic N) is 3. The zero-order valence-electron chi connectivity index (χ0n) is 16.5. The van der Waals surface area contributed by atoms with Crippen LogP contribution in [-0.2, 0) is 11.3 Å². The van der Waals surface area contributed by atoms with E-state index in [1.54, 1.807) is 43.9 Å². The van der Waals surface area contributed by atoms with Crippen molar-refractivity contribution in [1.29, 1.82) is 0 Å². The minimum Gasteiger partial charge on any atom is -0.491 e. The molecule has 29 heavy (non-hydrogen) atoms. The molecule has 1 aliphatic rings. The number of ether oxygens (including phenoxy) is 2. The zero-order valence-corrected chi connectivity index (χ0v) is 17.3. The summed E-state index contributed by atoms with van der Waals surface area (Å²) in [6.07, 6.45) is 2.46. The summed E-state index contributed by atoms with van der Waals surface area (Å²) >= 11 is 1.10. The van der Waals surface area contributed by atoms with Gasteiger partial charge in [-0.05, 0) is 39.2 Å². The Labute approximate surface area is 171 Å². The first-order valence-electron chi connectivity index (χ1n) is 8.83. The molecule has 2 amide bonds. The molecule has 0 atom stereocenters. The van der Waals surface area contributed by atoms with Crippen LogP contribution in [0.25, 0.3) is 11.4 Å². The van der Waals surface area contributed by atoms with E-state index in [9.17, 15) is 14.0 Å². The Balaban J connectivity index is 1.82. The van der Waals surface area contributed by atoms with Crippen molar-refractivity contribution in [2.75, 3.05) is 12.9 Å². The van der Waals surface area contributed by atoms with Gasteiger partial charge in [-0.25, -0.2) is 14.2 Å². The second-order valence-electron chi connectivity index (χ2n) is 7.19. The maximum atomic E-state index is 13.5. The molecule has 0 saturated carbocycles. The number of imidazole rings is 1. The first kappa shape index (κ1) is 20.8. The van der Waals surface area contributed by atoms with Gasteiger partial charge >= 0.3 is 6.09 Å². The molecular weight excluding hydrogens is 399 g/mol. The van der Waals surface area contributed by atoms with E-state index in [0.29, 0.717) is 30.3 Å². The molecule has 0 saturated heterocycles. The van der Waals surface area contributed by atoms with E-state index in [-0.39, 0.29) is 10.9 Å². The minimum atomic E-state index is -0.795. The maximum Gasteiger partial charge on any atom is 0.436 e. The first-order valence-corrected chi connectivity index (χ1v) is 10.1. The number of aliphatic imine (C=N–C) groups is 1. The van der Waals surface area contributed by atoms with Gasteiger partial charge in [0.05, 0.1) is 12.1 Å². The molecule has 0 radical (unpaired) electrons. The fourth-order valence-electron chi connectivity index (χ4n) is 2.62. The Morgan fingerprint density at radius 1 is 1.38 bits per heavy atom. The molecule has 0 bridgehead atoms. The number of thioether (sulfide) groups is 1. The number of amides is 2. The Morgan fingerprint density at radius 2 is 2.14 bits per heavy atom. The van der Waals surface area contributed by atoms with Crippen LogP contribution >= 0.6 is 11.8 Å². The van der Waals surface area contributed by atoms with Gasteiger partial charge in [0.2, 0.25) is 0 Å². The van der Waals surface area contributed by atoms with Crippen LogP contribution in [0.5, 0.6) is 5.75 Å². The molecule has 3 rings (SSSR count). The van der Waals surface area contributed by atoms with Gasteiger partial charge in [0.25, 0.3) is 5.91 Å². The molecule has 1 N–H and O–H groups in total. The third kappa shape index (κ3) is 5.14. The molecule has 0 spiro atoms. The van der Waals surface area contributed by atoms with Gasteiger partial charge in [-0.2, -0.15) is 4.99 Å². The highest BCUT2D eigenvalue weighted by Crippen LogP contribution is 2.32. The van der Waals surface area contributed by atoms with Crippen LogP contribution in [-0.4, -0.2) is 45.2 Å². The minimum absolute atomic E-state index is 0.0956. The summed E-state index contributed by atoms with van der Waals surface area (Å²) in [5.74, 6) is -0.0634. The third-order valence-corrected chi connectivity index (χ3v) is 4.36. The van der Waals surface area contributed by atoms with E-state index >= 15 is 0 Å². The molecule has 1 aliphatic heterocycles. The lowest BCUT2D eigenvalue weighted by atomic mass is 10.2. The van der Waals surface area contributed by atoms with E-state index in [1.165, 1.54) is 12.1 Å². The normalized spacial score (nSPS) is 13.6. The van der Waals surface area contributed by atoms with Crippen LogP contribution < -0.4 is 10.1 Å². The zero-order chi connectivity index (χ0) is 21.2. The Hall–Kier alpha value is -2.88. The lowest BCUT2D eigenvalue weighted by Crippen LogP contribution is -2.30. The monoisotopic (exact) mass is 420 g/mol. The van der Waals surface area contributed by atoms with Crippen molar-refractivity contribution >= 4 is 28.9 Å². The van der Waals surface area contributed by atoms with Crippen LogP contribution in [0.15, 0.2) is 29.4 Å². The molecule has 1 aromatic heterocycles.